The molecule has 0 unspecified atom stereocenters. The fourth-order valence-corrected chi connectivity index (χ4v) is 1.62. The number of anilines is 1. The molecule has 0 aliphatic carbocycles. The highest BCUT2D eigenvalue weighted by Gasteiger charge is 2.18. The summed E-state index contributed by atoms with van der Waals surface area (Å²) in [6.07, 6.45) is -2.65. The topological polar surface area (TPSA) is 59.1 Å². The van der Waals surface area contributed by atoms with E-state index in [0.29, 0.717) is 0 Å². The van der Waals surface area contributed by atoms with Crippen molar-refractivity contribution in [2.45, 2.75) is 18.4 Å². The van der Waals surface area contributed by atoms with Crippen LogP contribution in [-0.2, 0) is 11.9 Å². The molecule has 0 aliphatic heterocycles. The van der Waals surface area contributed by atoms with Crippen molar-refractivity contribution >= 4 is 21.7 Å². The number of hydrogen-bond donors (Lipinski definition) is 2. The standard InChI is InChI=1S/C8H9BrF2N2O/c9-2-5-7(8(10)11)4(3-14)1-6(12)13-5/h1,8,14H,2-3H2,(H2,12,13). The van der Waals surface area contributed by atoms with Crippen LogP contribution in [0.3, 0.4) is 0 Å². The van der Waals surface area contributed by atoms with E-state index in [0.717, 1.165) is 0 Å². The van der Waals surface area contributed by atoms with Gasteiger partial charge in [-0.25, -0.2) is 13.8 Å². The summed E-state index contributed by atoms with van der Waals surface area (Å²) in [5, 5.41) is 9.06. The van der Waals surface area contributed by atoms with E-state index >= 15 is 0 Å². The predicted octanol–water partition coefficient (Wildman–Crippen LogP) is 1.99. The first-order chi connectivity index (χ1) is 6.60. The molecule has 3 nitrogen and oxygen atoms in total. The molecule has 0 aliphatic rings. The van der Waals surface area contributed by atoms with E-state index in [-0.39, 0.29) is 28.0 Å². The summed E-state index contributed by atoms with van der Waals surface area (Å²) in [5.41, 5.74) is 5.45. The summed E-state index contributed by atoms with van der Waals surface area (Å²) in [6, 6.07) is 1.26. The Bertz CT molecular complexity index is 308. The molecular weight excluding hydrogens is 258 g/mol. The Kier molecular flexibility index (Phi) is 3.77. The van der Waals surface area contributed by atoms with E-state index in [1.807, 2.05) is 0 Å². The molecular formula is C8H9BrF2N2O. The molecule has 1 aromatic heterocycles. The van der Waals surface area contributed by atoms with E-state index in [9.17, 15) is 8.78 Å². The Labute approximate surface area is 88.1 Å². The molecule has 0 amide bonds. The van der Waals surface area contributed by atoms with Gasteiger partial charge in [0.1, 0.15) is 5.82 Å². The van der Waals surface area contributed by atoms with Gasteiger partial charge < -0.3 is 10.8 Å². The summed E-state index contributed by atoms with van der Waals surface area (Å²) < 4.78 is 25.2. The van der Waals surface area contributed by atoms with Crippen LogP contribution in [0.4, 0.5) is 14.6 Å². The lowest BCUT2D eigenvalue weighted by atomic mass is 10.1. The van der Waals surface area contributed by atoms with Crippen molar-refractivity contribution in [2.75, 3.05) is 5.73 Å². The van der Waals surface area contributed by atoms with Crippen LogP contribution in [0.5, 0.6) is 0 Å². The Morgan fingerprint density at radius 1 is 1.57 bits per heavy atom. The highest BCUT2D eigenvalue weighted by atomic mass is 79.9. The molecule has 0 saturated carbocycles. The van der Waals surface area contributed by atoms with Gasteiger partial charge in [-0.3, -0.25) is 0 Å². The first-order valence-corrected chi connectivity index (χ1v) is 4.95. The molecule has 0 radical (unpaired) electrons. The first-order valence-electron chi connectivity index (χ1n) is 3.83. The summed E-state index contributed by atoms with van der Waals surface area (Å²) >= 11 is 3.04. The van der Waals surface area contributed by atoms with Crippen LogP contribution in [-0.4, -0.2) is 10.1 Å². The molecule has 0 aromatic carbocycles. The second-order valence-corrected chi connectivity index (χ2v) is 3.22. The van der Waals surface area contributed by atoms with Gasteiger partial charge in [0.05, 0.1) is 12.3 Å². The predicted molar refractivity (Wildman–Crippen MR) is 52.2 cm³/mol. The van der Waals surface area contributed by atoms with Gasteiger partial charge in [0, 0.05) is 10.9 Å². The van der Waals surface area contributed by atoms with Gasteiger partial charge in [0.25, 0.3) is 6.43 Å². The number of pyridine rings is 1. The normalized spacial score (nSPS) is 10.9. The number of rotatable bonds is 3. The van der Waals surface area contributed by atoms with Crippen LogP contribution in [0.15, 0.2) is 6.07 Å². The van der Waals surface area contributed by atoms with Crippen molar-refractivity contribution in [3.8, 4) is 0 Å². The fourth-order valence-electron chi connectivity index (χ4n) is 1.19. The Morgan fingerprint density at radius 2 is 2.21 bits per heavy atom. The molecule has 6 heteroatoms. The van der Waals surface area contributed by atoms with Gasteiger partial charge in [-0.15, -0.1) is 0 Å². The smallest absolute Gasteiger partial charge is 0.265 e. The molecule has 0 atom stereocenters. The third-order valence-corrected chi connectivity index (χ3v) is 2.29. The Balaban J connectivity index is 3.33. The van der Waals surface area contributed by atoms with Crippen molar-refractivity contribution in [1.82, 2.24) is 4.98 Å². The van der Waals surface area contributed by atoms with Crippen LogP contribution in [0.1, 0.15) is 23.2 Å². The maximum atomic E-state index is 12.6. The highest BCUT2D eigenvalue weighted by Crippen LogP contribution is 2.28. The number of nitrogen functional groups attached to an aromatic ring is 1. The number of nitrogens with two attached hydrogens (primary N) is 1. The van der Waals surface area contributed by atoms with Crippen molar-refractivity contribution in [2.24, 2.45) is 0 Å². The average Bonchev–Trinajstić information content (AvgIpc) is 2.15. The largest absolute Gasteiger partial charge is 0.392 e. The van der Waals surface area contributed by atoms with Crippen LogP contribution < -0.4 is 5.73 Å². The van der Waals surface area contributed by atoms with Gasteiger partial charge in [-0.1, -0.05) is 15.9 Å². The van der Waals surface area contributed by atoms with Crippen LogP contribution in [0.2, 0.25) is 0 Å². The molecule has 0 bridgehead atoms. The zero-order valence-electron chi connectivity index (χ0n) is 7.17. The number of halogens is 3. The van der Waals surface area contributed by atoms with Crippen molar-refractivity contribution < 1.29 is 13.9 Å². The Hall–Kier alpha value is -0.750. The lowest BCUT2D eigenvalue weighted by Gasteiger charge is -2.11. The van der Waals surface area contributed by atoms with E-state index < -0.39 is 13.0 Å². The molecule has 78 valence electrons. The minimum absolute atomic E-state index is 0.127. The maximum absolute atomic E-state index is 12.6. The molecule has 0 saturated heterocycles. The molecule has 3 N–H and O–H groups in total. The van der Waals surface area contributed by atoms with E-state index in [4.69, 9.17) is 10.8 Å². The third-order valence-electron chi connectivity index (χ3n) is 1.76. The molecule has 1 heterocycles. The minimum Gasteiger partial charge on any atom is -0.392 e. The van der Waals surface area contributed by atoms with Gasteiger partial charge >= 0.3 is 0 Å². The van der Waals surface area contributed by atoms with Crippen molar-refractivity contribution in [1.29, 1.82) is 0 Å². The van der Waals surface area contributed by atoms with Crippen LogP contribution in [0, 0.1) is 0 Å². The van der Waals surface area contributed by atoms with Gasteiger partial charge in [-0.2, -0.15) is 0 Å². The molecule has 1 aromatic rings. The Morgan fingerprint density at radius 3 is 2.64 bits per heavy atom. The molecule has 0 fully saturated rings. The summed E-state index contributed by atoms with van der Waals surface area (Å²) in [6.45, 7) is -0.466. The second-order valence-electron chi connectivity index (χ2n) is 2.66. The fraction of sp³-hybridized carbons (Fsp3) is 0.375. The van der Waals surface area contributed by atoms with Gasteiger partial charge in [-0.05, 0) is 11.6 Å². The lowest BCUT2D eigenvalue weighted by molar-refractivity contribution is 0.145. The third kappa shape index (κ3) is 2.19. The minimum atomic E-state index is -2.65. The van der Waals surface area contributed by atoms with Crippen molar-refractivity contribution in [3.63, 3.8) is 0 Å². The maximum Gasteiger partial charge on any atom is 0.265 e. The van der Waals surface area contributed by atoms with Gasteiger partial charge in [0.15, 0.2) is 0 Å². The lowest BCUT2D eigenvalue weighted by Crippen LogP contribution is -2.05. The van der Waals surface area contributed by atoms with E-state index in [1.165, 1.54) is 6.07 Å². The number of aliphatic hydroxyl groups excluding tert-OH is 1. The van der Waals surface area contributed by atoms with Crippen molar-refractivity contribution in [3.05, 3.63) is 22.9 Å². The highest BCUT2D eigenvalue weighted by molar-refractivity contribution is 9.08. The quantitative estimate of drug-likeness (QED) is 0.823. The number of aliphatic hydroxyl groups is 1. The number of alkyl halides is 3. The molecule has 1 rings (SSSR count). The van der Waals surface area contributed by atoms with Crippen LogP contribution in [0.25, 0.3) is 0 Å². The van der Waals surface area contributed by atoms with Gasteiger partial charge in [0.2, 0.25) is 0 Å². The first kappa shape index (κ1) is 11.3. The van der Waals surface area contributed by atoms with Crippen LogP contribution >= 0.6 is 15.9 Å². The number of hydrogen-bond acceptors (Lipinski definition) is 3. The van der Waals surface area contributed by atoms with E-state index in [1.54, 1.807) is 0 Å². The summed E-state index contributed by atoms with van der Waals surface area (Å²) in [4.78, 5) is 3.76. The molecule has 0 spiro atoms. The second kappa shape index (κ2) is 4.65. The zero-order chi connectivity index (χ0) is 10.7. The molecule has 14 heavy (non-hydrogen) atoms. The summed E-state index contributed by atoms with van der Waals surface area (Å²) in [5.74, 6) is 0.132. The van der Waals surface area contributed by atoms with E-state index in [2.05, 4.69) is 20.9 Å². The zero-order valence-corrected chi connectivity index (χ0v) is 8.76. The monoisotopic (exact) mass is 266 g/mol. The number of nitrogens with zero attached hydrogens (tertiary/aromatic N) is 1. The SMILES string of the molecule is Nc1cc(CO)c(C(F)F)c(CBr)n1. The average molecular weight is 267 g/mol. The number of aromatic nitrogens is 1. The summed E-state index contributed by atoms with van der Waals surface area (Å²) in [7, 11) is 0.